The number of pyridine rings is 1. The van der Waals surface area contributed by atoms with Crippen LogP contribution in [0.25, 0.3) is 11.3 Å². The molecule has 3 aromatic rings. The van der Waals surface area contributed by atoms with E-state index in [-0.39, 0.29) is 17.4 Å². The zero-order valence-corrected chi connectivity index (χ0v) is 13.5. The van der Waals surface area contributed by atoms with Crippen LogP contribution in [-0.2, 0) is 6.42 Å². The summed E-state index contributed by atoms with van der Waals surface area (Å²) in [6.07, 6.45) is 3.89. The molecule has 24 heavy (non-hydrogen) atoms. The number of nitrogens with two attached hydrogens (primary N) is 1. The molecule has 1 amide bonds. The van der Waals surface area contributed by atoms with Gasteiger partial charge in [0.15, 0.2) is 0 Å². The summed E-state index contributed by atoms with van der Waals surface area (Å²) in [6, 6.07) is 11.0. The maximum absolute atomic E-state index is 12.4. The van der Waals surface area contributed by atoms with Crippen molar-refractivity contribution in [3.8, 4) is 11.3 Å². The van der Waals surface area contributed by atoms with Gasteiger partial charge in [0, 0.05) is 29.5 Å². The molecule has 0 aliphatic heterocycles. The minimum absolute atomic E-state index is 0.0193. The van der Waals surface area contributed by atoms with Crippen LogP contribution in [0.3, 0.4) is 0 Å². The predicted octanol–water partition coefficient (Wildman–Crippen LogP) is 2.94. The molecular formula is C17H15ClN4O2. The maximum Gasteiger partial charge on any atom is 0.259 e. The molecule has 6 nitrogen and oxygen atoms in total. The Kier molecular flexibility index (Phi) is 4.77. The Labute approximate surface area is 143 Å². The first-order valence-corrected chi connectivity index (χ1v) is 7.71. The Morgan fingerprint density at radius 3 is 2.92 bits per heavy atom. The summed E-state index contributed by atoms with van der Waals surface area (Å²) in [4.78, 5) is 16.5. The highest BCUT2D eigenvalue weighted by Crippen LogP contribution is 2.26. The molecular weight excluding hydrogens is 328 g/mol. The third kappa shape index (κ3) is 3.55. The highest BCUT2D eigenvalue weighted by atomic mass is 35.5. The fourth-order valence-corrected chi connectivity index (χ4v) is 2.54. The topological polar surface area (TPSA) is 94.0 Å². The number of carbonyl (C=O) groups is 1. The second-order valence-electron chi connectivity index (χ2n) is 5.15. The quantitative estimate of drug-likeness (QED) is 0.743. The van der Waals surface area contributed by atoms with E-state index in [0.29, 0.717) is 29.2 Å². The Morgan fingerprint density at radius 1 is 1.29 bits per heavy atom. The monoisotopic (exact) mass is 342 g/mol. The summed E-state index contributed by atoms with van der Waals surface area (Å²) >= 11 is 5.95. The number of hydrogen-bond donors (Lipinski definition) is 2. The van der Waals surface area contributed by atoms with Crippen LogP contribution >= 0.6 is 11.6 Å². The van der Waals surface area contributed by atoms with Gasteiger partial charge in [-0.05, 0) is 36.2 Å². The Bertz CT molecular complexity index is 849. The van der Waals surface area contributed by atoms with Crippen LogP contribution in [0, 0.1) is 0 Å². The molecule has 1 aromatic carbocycles. The van der Waals surface area contributed by atoms with E-state index in [4.69, 9.17) is 21.9 Å². The first-order valence-electron chi connectivity index (χ1n) is 7.33. The molecule has 0 fully saturated rings. The van der Waals surface area contributed by atoms with E-state index in [2.05, 4.69) is 15.5 Å². The molecule has 2 aromatic heterocycles. The zero-order valence-electron chi connectivity index (χ0n) is 12.7. The molecule has 0 saturated carbocycles. The maximum atomic E-state index is 12.4. The molecule has 0 unspecified atom stereocenters. The second-order valence-corrected chi connectivity index (χ2v) is 5.58. The number of anilines is 1. The highest BCUT2D eigenvalue weighted by molar-refractivity contribution is 6.30. The number of nitrogen functional groups attached to an aromatic ring is 1. The molecule has 7 heteroatoms. The Morgan fingerprint density at radius 2 is 2.17 bits per heavy atom. The van der Waals surface area contributed by atoms with Crippen LogP contribution in [0.2, 0.25) is 5.02 Å². The number of rotatable bonds is 5. The van der Waals surface area contributed by atoms with Crippen LogP contribution in [0.4, 0.5) is 5.88 Å². The fraction of sp³-hybridized carbons (Fsp3) is 0.118. The number of nitrogens with zero attached hydrogens (tertiary/aromatic N) is 2. The van der Waals surface area contributed by atoms with Crippen LogP contribution in [0.1, 0.15) is 15.9 Å². The third-order valence-electron chi connectivity index (χ3n) is 3.47. The van der Waals surface area contributed by atoms with E-state index >= 15 is 0 Å². The summed E-state index contributed by atoms with van der Waals surface area (Å²) in [6.45, 7) is 0.441. The number of amides is 1. The van der Waals surface area contributed by atoms with E-state index in [9.17, 15) is 4.79 Å². The lowest BCUT2D eigenvalue weighted by Gasteiger charge is -2.06. The van der Waals surface area contributed by atoms with Gasteiger partial charge in [0.05, 0.1) is 0 Å². The van der Waals surface area contributed by atoms with Crippen LogP contribution in [-0.4, -0.2) is 22.6 Å². The van der Waals surface area contributed by atoms with Gasteiger partial charge >= 0.3 is 0 Å². The minimum atomic E-state index is -0.338. The molecule has 0 saturated heterocycles. The average Bonchev–Trinajstić information content (AvgIpc) is 2.97. The lowest BCUT2D eigenvalue weighted by atomic mass is 10.1. The van der Waals surface area contributed by atoms with Crippen molar-refractivity contribution >= 4 is 23.4 Å². The first kappa shape index (κ1) is 16.0. The molecule has 0 bridgehead atoms. The predicted molar refractivity (Wildman–Crippen MR) is 91.6 cm³/mol. The molecule has 3 rings (SSSR count). The van der Waals surface area contributed by atoms with Gasteiger partial charge in [-0.3, -0.25) is 9.78 Å². The molecule has 0 aliphatic carbocycles. The second kappa shape index (κ2) is 7.14. The molecule has 0 radical (unpaired) electrons. The van der Waals surface area contributed by atoms with Gasteiger partial charge < -0.3 is 15.6 Å². The van der Waals surface area contributed by atoms with Crippen LogP contribution < -0.4 is 11.1 Å². The van der Waals surface area contributed by atoms with Gasteiger partial charge in [0.25, 0.3) is 5.91 Å². The number of carbonyl (C=O) groups excluding carboxylic acids is 1. The molecule has 0 aliphatic rings. The lowest BCUT2D eigenvalue weighted by Crippen LogP contribution is -2.26. The van der Waals surface area contributed by atoms with Gasteiger partial charge in [-0.1, -0.05) is 28.9 Å². The summed E-state index contributed by atoms with van der Waals surface area (Å²) in [7, 11) is 0. The van der Waals surface area contributed by atoms with E-state index in [1.54, 1.807) is 24.5 Å². The summed E-state index contributed by atoms with van der Waals surface area (Å²) < 4.78 is 4.97. The summed E-state index contributed by atoms with van der Waals surface area (Å²) in [5.74, 6) is -0.358. The van der Waals surface area contributed by atoms with E-state index in [1.165, 1.54) is 0 Å². The average molecular weight is 343 g/mol. The van der Waals surface area contributed by atoms with Crippen molar-refractivity contribution in [1.29, 1.82) is 0 Å². The van der Waals surface area contributed by atoms with Crippen molar-refractivity contribution in [1.82, 2.24) is 15.5 Å². The minimum Gasteiger partial charge on any atom is -0.367 e. The van der Waals surface area contributed by atoms with Crippen molar-refractivity contribution in [3.63, 3.8) is 0 Å². The van der Waals surface area contributed by atoms with Gasteiger partial charge in [-0.2, -0.15) is 0 Å². The van der Waals surface area contributed by atoms with E-state index < -0.39 is 0 Å². The largest absolute Gasteiger partial charge is 0.367 e. The van der Waals surface area contributed by atoms with E-state index in [1.807, 2.05) is 24.3 Å². The van der Waals surface area contributed by atoms with Crippen LogP contribution in [0.15, 0.2) is 53.3 Å². The number of hydrogen-bond acceptors (Lipinski definition) is 5. The SMILES string of the molecule is Nc1onc(-c2cccnc2)c1C(=O)NCCc1cccc(Cl)c1. The normalized spacial score (nSPS) is 10.5. The Balaban J connectivity index is 1.70. The van der Waals surface area contributed by atoms with Gasteiger partial charge in [0.2, 0.25) is 5.88 Å². The molecule has 122 valence electrons. The summed E-state index contributed by atoms with van der Waals surface area (Å²) in [5, 5.41) is 7.36. The van der Waals surface area contributed by atoms with Crippen molar-refractivity contribution in [3.05, 3.63) is 64.9 Å². The van der Waals surface area contributed by atoms with Gasteiger partial charge in [-0.15, -0.1) is 0 Å². The van der Waals surface area contributed by atoms with Gasteiger partial charge in [-0.25, -0.2) is 0 Å². The Hall–Kier alpha value is -2.86. The fourth-order valence-electron chi connectivity index (χ4n) is 2.32. The molecule has 0 atom stereocenters. The third-order valence-corrected chi connectivity index (χ3v) is 3.70. The summed E-state index contributed by atoms with van der Waals surface area (Å²) in [5.41, 5.74) is 8.05. The van der Waals surface area contributed by atoms with Crippen LogP contribution in [0.5, 0.6) is 0 Å². The zero-order chi connectivity index (χ0) is 16.9. The number of aromatic nitrogens is 2. The standard InChI is InChI=1S/C17H15ClN4O2/c18-13-5-1-3-11(9-13)6-8-21-17(23)14-15(22-24-16(14)19)12-4-2-7-20-10-12/h1-5,7,9-10H,6,8,19H2,(H,21,23). The van der Waals surface area contributed by atoms with Crippen molar-refractivity contribution in [2.24, 2.45) is 0 Å². The smallest absolute Gasteiger partial charge is 0.259 e. The molecule has 2 heterocycles. The van der Waals surface area contributed by atoms with Crippen molar-refractivity contribution in [2.75, 3.05) is 12.3 Å². The first-order chi connectivity index (χ1) is 11.6. The van der Waals surface area contributed by atoms with Gasteiger partial charge in [0.1, 0.15) is 11.3 Å². The highest BCUT2D eigenvalue weighted by Gasteiger charge is 2.22. The molecule has 3 N–H and O–H groups in total. The van der Waals surface area contributed by atoms with E-state index in [0.717, 1.165) is 5.56 Å². The number of halogens is 1. The van der Waals surface area contributed by atoms with Crippen molar-refractivity contribution in [2.45, 2.75) is 6.42 Å². The number of benzene rings is 1. The van der Waals surface area contributed by atoms with Crippen molar-refractivity contribution < 1.29 is 9.32 Å². The lowest BCUT2D eigenvalue weighted by molar-refractivity contribution is 0.0955. The molecule has 0 spiro atoms. The number of nitrogens with one attached hydrogen (secondary N) is 1.